The highest BCUT2D eigenvalue weighted by molar-refractivity contribution is 6.20. The first kappa shape index (κ1) is 27.6. The topological polar surface area (TPSA) is 87.1 Å². The number of amides is 1. The second-order valence-electron chi connectivity index (χ2n) is 13.5. The van der Waals surface area contributed by atoms with E-state index in [0.717, 1.165) is 37.8 Å². The van der Waals surface area contributed by atoms with Crippen LogP contribution in [0.25, 0.3) is 0 Å². The number of ether oxygens (including phenoxy) is 1. The lowest BCUT2D eigenvalue weighted by atomic mass is 9.65. The summed E-state index contributed by atoms with van der Waals surface area (Å²) in [5.41, 5.74) is 1.16. The van der Waals surface area contributed by atoms with Crippen molar-refractivity contribution in [2.75, 3.05) is 20.1 Å². The third kappa shape index (κ3) is 5.16. The maximum atomic E-state index is 16.0. The summed E-state index contributed by atoms with van der Waals surface area (Å²) in [4.78, 5) is 32.0. The predicted octanol–water partition coefficient (Wildman–Crippen LogP) is 3.57. The number of alkyl halides is 1. The van der Waals surface area contributed by atoms with Gasteiger partial charge in [-0.2, -0.15) is 0 Å². The summed E-state index contributed by atoms with van der Waals surface area (Å²) < 4.78 is 28.0. The van der Waals surface area contributed by atoms with Gasteiger partial charge in [-0.05, 0) is 70.0 Å². The molecule has 3 aliphatic carbocycles. The van der Waals surface area contributed by atoms with E-state index in [9.17, 15) is 9.59 Å². The minimum Gasteiger partial charge on any atom is -0.472 e. The van der Waals surface area contributed by atoms with Gasteiger partial charge in [0.05, 0.1) is 48.4 Å². The summed E-state index contributed by atoms with van der Waals surface area (Å²) in [5.74, 6) is 0.180. The van der Waals surface area contributed by atoms with E-state index in [-0.39, 0.29) is 41.9 Å². The number of furan rings is 1. The number of likely N-dealkylation sites (tertiary alicyclic amines) is 1. The molecule has 224 valence electrons. The number of hydrogen-bond donors (Lipinski definition) is 2. The van der Waals surface area contributed by atoms with Crippen LogP contribution in [-0.4, -0.2) is 84.2 Å². The summed E-state index contributed by atoms with van der Waals surface area (Å²) in [5, 5.41) is 6.46. The van der Waals surface area contributed by atoms with Crippen LogP contribution in [0.15, 0.2) is 34.8 Å². The Morgan fingerprint density at radius 1 is 1.12 bits per heavy atom. The van der Waals surface area contributed by atoms with Crippen LogP contribution >= 0.6 is 0 Å². The molecule has 6 aliphatic rings. The molecule has 3 aliphatic heterocycles. The van der Waals surface area contributed by atoms with Gasteiger partial charge in [-0.3, -0.25) is 9.59 Å². The monoisotopic (exact) mass is 568 g/mol. The molecule has 1 aromatic rings. The number of halogens is 1. The van der Waals surface area contributed by atoms with Crippen molar-refractivity contribution in [2.45, 2.75) is 113 Å². The highest BCUT2D eigenvalue weighted by Gasteiger charge is 2.59. The number of ketones is 1. The maximum Gasteiger partial charge on any atom is 0.256 e. The van der Waals surface area contributed by atoms with E-state index in [0.29, 0.717) is 31.0 Å². The lowest BCUT2D eigenvalue weighted by Crippen LogP contribution is -2.73. The van der Waals surface area contributed by atoms with E-state index in [1.54, 1.807) is 12.5 Å². The molecule has 41 heavy (non-hydrogen) atoms. The molecule has 9 heteroatoms. The van der Waals surface area contributed by atoms with Crippen LogP contribution in [0, 0.1) is 17.8 Å². The minimum atomic E-state index is -1.25. The first-order chi connectivity index (χ1) is 20.0. The fourth-order valence-corrected chi connectivity index (χ4v) is 9.12. The van der Waals surface area contributed by atoms with Crippen molar-refractivity contribution in [1.29, 1.82) is 0 Å². The van der Waals surface area contributed by atoms with Gasteiger partial charge in [-0.15, -0.1) is 0 Å². The van der Waals surface area contributed by atoms with E-state index < -0.39 is 24.2 Å². The first-order valence-corrected chi connectivity index (χ1v) is 16.0. The number of morpholine rings is 1. The highest BCUT2D eigenvalue weighted by atomic mass is 19.1. The van der Waals surface area contributed by atoms with Gasteiger partial charge >= 0.3 is 0 Å². The molecule has 3 saturated carbocycles. The Morgan fingerprint density at radius 2 is 1.95 bits per heavy atom. The zero-order valence-corrected chi connectivity index (χ0v) is 24.2. The Kier molecular flexibility index (Phi) is 7.71. The van der Waals surface area contributed by atoms with Gasteiger partial charge < -0.3 is 29.6 Å². The summed E-state index contributed by atoms with van der Waals surface area (Å²) in [6.45, 7) is 2.11. The number of Topliss-reactive ketones (excluding diaryl/α,β-unsaturated/α-hetero) is 1. The number of hydrogen-bond acceptors (Lipinski definition) is 7. The van der Waals surface area contributed by atoms with Crippen molar-refractivity contribution in [2.24, 2.45) is 17.8 Å². The summed E-state index contributed by atoms with van der Waals surface area (Å²) >= 11 is 0. The van der Waals surface area contributed by atoms with Crippen molar-refractivity contribution in [1.82, 2.24) is 20.4 Å². The van der Waals surface area contributed by atoms with Gasteiger partial charge in [-0.1, -0.05) is 25.7 Å². The zero-order valence-electron chi connectivity index (χ0n) is 24.2. The van der Waals surface area contributed by atoms with Gasteiger partial charge in [0.2, 0.25) is 0 Å². The number of rotatable bonds is 7. The molecule has 0 bridgehead atoms. The number of nitrogens with zero attached hydrogens (tertiary/aromatic N) is 2. The molecule has 2 N–H and O–H groups in total. The molecular formula is C32H45FN4O4. The number of carbonyl (C=O) groups excluding carboxylic acids is 2. The van der Waals surface area contributed by atoms with Crippen LogP contribution in [0.1, 0.15) is 69.8 Å². The molecule has 4 heterocycles. The molecule has 10 unspecified atom stereocenters. The molecular weight excluding hydrogens is 523 g/mol. The Balaban J connectivity index is 1.15. The average molecular weight is 569 g/mol. The lowest BCUT2D eigenvalue weighted by molar-refractivity contribution is -0.208. The van der Waals surface area contributed by atoms with Crippen molar-refractivity contribution < 1.29 is 23.1 Å². The maximum absolute atomic E-state index is 16.0. The second kappa shape index (κ2) is 11.5. The molecule has 0 radical (unpaired) electrons. The SMILES string of the molecule is CN1CCCC1CCNC(=O)C1=CN2C3CC4CCCCC4CC3OC3C(NCc4ccoc4)C(F)CC(C1=O)C32. The van der Waals surface area contributed by atoms with E-state index in [4.69, 9.17) is 9.15 Å². The first-order valence-electron chi connectivity index (χ1n) is 16.0. The van der Waals surface area contributed by atoms with Crippen LogP contribution in [0.4, 0.5) is 4.39 Å². The zero-order chi connectivity index (χ0) is 28.1. The normalized spacial score (nSPS) is 40.4. The van der Waals surface area contributed by atoms with E-state index in [1.807, 2.05) is 12.3 Å². The van der Waals surface area contributed by atoms with Gasteiger partial charge in [0.1, 0.15) is 6.17 Å². The Bertz CT molecular complexity index is 1140. The van der Waals surface area contributed by atoms with Gasteiger partial charge in [0.25, 0.3) is 5.91 Å². The number of carbonyl (C=O) groups is 2. The third-order valence-electron chi connectivity index (χ3n) is 11.3. The molecule has 0 aromatic carbocycles. The van der Waals surface area contributed by atoms with Crippen molar-refractivity contribution in [3.05, 3.63) is 35.9 Å². The Hall–Kier alpha value is -2.23. The summed E-state index contributed by atoms with van der Waals surface area (Å²) in [7, 11) is 2.13. The molecule has 0 spiro atoms. The van der Waals surface area contributed by atoms with Crippen molar-refractivity contribution in [3.63, 3.8) is 0 Å². The fraction of sp³-hybridized carbons (Fsp3) is 0.750. The van der Waals surface area contributed by atoms with Gasteiger partial charge in [0, 0.05) is 36.8 Å². The van der Waals surface area contributed by atoms with Gasteiger partial charge in [-0.25, -0.2) is 4.39 Å². The molecule has 1 aromatic heterocycles. The molecule has 2 saturated heterocycles. The molecule has 1 amide bonds. The average Bonchev–Trinajstić information content (AvgIpc) is 3.64. The smallest absolute Gasteiger partial charge is 0.256 e. The third-order valence-corrected chi connectivity index (χ3v) is 11.3. The van der Waals surface area contributed by atoms with Crippen molar-refractivity contribution >= 4 is 11.7 Å². The second-order valence-corrected chi connectivity index (χ2v) is 13.5. The fourth-order valence-electron chi connectivity index (χ4n) is 9.12. The Labute approximate surface area is 242 Å². The highest BCUT2D eigenvalue weighted by Crippen LogP contribution is 2.50. The van der Waals surface area contributed by atoms with Crippen LogP contribution in [0.3, 0.4) is 0 Å². The van der Waals surface area contributed by atoms with Crippen LogP contribution in [-0.2, 0) is 20.9 Å². The largest absolute Gasteiger partial charge is 0.472 e. The molecule has 7 rings (SSSR count). The van der Waals surface area contributed by atoms with Gasteiger partial charge in [0.15, 0.2) is 5.78 Å². The van der Waals surface area contributed by atoms with E-state index in [1.165, 1.54) is 32.1 Å². The van der Waals surface area contributed by atoms with E-state index >= 15 is 4.39 Å². The van der Waals surface area contributed by atoms with Crippen molar-refractivity contribution in [3.8, 4) is 0 Å². The molecule has 5 fully saturated rings. The van der Waals surface area contributed by atoms with Crippen LogP contribution in [0.2, 0.25) is 0 Å². The number of fused-ring (bicyclic) bond motifs is 3. The summed E-state index contributed by atoms with van der Waals surface area (Å²) in [6, 6.07) is 1.68. The predicted molar refractivity (Wildman–Crippen MR) is 151 cm³/mol. The quantitative estimate of drug-likeness (QED) is 0.487. The Morgan fingerprint density at radius 3 is 2.71 bits per heavy atom. The van der Waals surface area contributed by atoms with Crippen LogP contribution in [0.5, 0.6) is 0 Å². The molecule has 8 nitrogen and oxygen atoms in total. The molecule has 10 atom stereocenters. The number of nitrogens with one attached hydrogen (secondary N) is 2. The standard InChI is InChI=1S/C32H45FN4O4/c1-36-11-4-7-22(36)8-10-34-32(39)24-17-37-26-13-20-5-2-3-6-21(20)14-27(26)41-31-28(35-16-19-9-12-40-18-19)25(33)15-23(29(31)37)30(24)38/h9,12,17-18,20-23,25-29,31,35H,2-8,10-11,13-16H2,1H3,(H,34,39). The van der Waals surface area contributed by atoms with Crippen LogP contribution < -0.4 is 10.6 Å². The minimum absolute atomic E-state index is 0.0218. The van der Waals surface area contributed by atoms with E-state index in [2.05, 4.69) is 27.5 Å². The lowest BCUT2D eigenvalue weighted by Gasteiger charge is -2.61. The summed E-state index contributed by atoms with van der Waals surface area (Å²) in [6.07, 6.45) is 13.7.